The molecule has 1 aromatic carbocycles. The highest BCUT2D eigenvalue weighted by Gasteiger charge is 2.16. The molecule has 0 bridgehead atoms. The minimum atomic E-state index is -0.512. The first-order chi connectivity index (χ1) is 10.5. The fourth-order valence-corrected chi connectivity index (χ4v) is 2.93. The number of aromatic nitrogens is 2. The van der Waals surface area contributed by atoms with Gasteiger partial charge in [0, 0.05) is 29.7 Å². The maximum atomic E-state index is 12.6. The average molecular weight is 298 g/mol. The quantitative estimate of drug-likeness (QED) is 0.740. The van der Waals surface area contributed by atoms with E-state index in [4.69, 9.17) is 4.74 Å². The molecule has 3 aromatic rings. The smallest absolute Gasteiger partial charge is 0.354 e. The molecule has 5 nitrogen and oxygen atoms in total. The Labute approximate surface area is 127 Å². The second kappa shape index (κ2) is 5.02. The van der Waals surface area contributed by atoms with Gasteiger partial charge in [0.1, 0.15) is 5.69 Å². The van der Waals surface area contributed by atoms with E-state index in [0.29, 0.717) is 10.9 Å². The van der Waals surface area contributed by atoms with E-state index >= 15 is 0 Å². The van der Waals surface area contributed by atoms with Crippen molar-refractivity contribution in [2.75, 3.05) is 6.61 Å². The Morgan fingerprint density at radius 3 is 2.68 bits per heavy atom. The Balaban J connectivity index is 2.39. The van der Waals surface area contributed by atoms with Crippen LogP contribution in [0.15, 0.2) is 23.0 Å². The summed E-state index contributed by atoms with van der Waals surface area (Å²) < 4.78 is 7.03. The summed E-state index contributed by atoms with van der Waals surface area (Å²) in [6.45, 7) is 6.05. The van der Waals surface area contributed by atoms with Crippen molar-refractivity contribution in [3.8, 4) is 0 Å². The minimum Gasteiger partial charge on any atom is -0.461 e. The van der Waals surface area contributed by atoms with Crippen LogP contribution < -0.4 is 5.43 Å². The normalized spacial score (nSPS) is 11.3. The highest BCUT2D eigenvalue weighted by molar-refractivity contribution is 6.08. The van der Waals surface area contributed by atoms with Gasteiger partial charge >= 0.3 is 5.97 Å². The van der Waals surface area contributed by atoms with E-state index in [1.807, 2.05) is 33.0 Å². The van der Waals surface area contributed by atoms with Gasteiger partial charge in [0.05, 0.1) is 17.5 Å². The number of hydrogen-bond acceptors (Lipinski definition) is 3. The molecule has 0 aliphatic heterocycles. The summed E-state index contributed by atoms with van der Waals surface area (Å²) in [5.41, 5.74) is 3.88. The second-order valence-corrected chi connectivity index (χ2v) is 5.42. The average Bonchev–Trinajstić information content (AvgIpc) is 2.72. The third-order valence-electron chi connectivity index (χ3n) is 4.25. The molecule has 0 saturated heterocycles. The van der Waals surface area contributed by atoms with Gasteiger partial charge in [-0.2, -0.15) is 0 Å². The lowest BCUT2D eigenvalue weighted by molar-refractivity contribution is 0.0520. The molecule has 3 rings (SSSR count). The monoisotopic (exact) mass is 298 g/mol. The number of aromatic amines is 1. The molecule has 0 aliphatic rings. The molecule has 2 heterocycles. The molecule has 0 unspecified atom stereocenters. The number of pyridine rings is 1. The van der Waals surface area contributed by atoms with E-state index in [1.54, 1.807) is 6.92 Å². The Morgan fingerprint density at radius 1 is 1.27 bits per heavy atom. The summed E-state index contributed by atoms with van der Waals surface area (Å²) >= 11 is 0. The van der Waals surface area contributed by atoms with E-state index in [9.17, 15) is 9.59 Å². The zero-order valence-corrected chi connectivity index (χ0v) is 13.1. The number of hydrogen-bond donors (Lipinski definition) is 1. The number of carbonyl (C=O) groups is 1. The highest BCUT2D eigenvalue weighted by atomic mass is 16.5. The fraction of sp³-hybridized carbons (Fsp3) is 0.294. The molecule has 0 spiro atoms. The number of H-pyrrole nitrogens is 1. The number of esters is 1. The van der Waals surface area contributed by atoms with Crippen molar-refractivity contribution in [1.29, 1.82) is 0 Å². The van der Waals surface area contributed by atoms with Gasteiger partial charge in [-0.05, 0) is 38.5 Å². The number of nitrogens with zero attached hydrogens (tertiary/aromatic N) is 1. The van der Waals surface area contributed by atoms with Gasteiger partial charge in [-0.3, -0.25) is 4.79 Å². The van der Waals surface area contributed by atoms with Crippen molar-refractivity contribution in [1.82, 2.24) is 9.55 Å². The largest absolute Gasteiger partial charge is 0.461 e. The standard InChI is InChI=1S/C17H18N2O3/c1-5-22-17(21)12-8-14(20)16-11(18-12)6-7-13-15(16)9(2)10(3)19(13)4/h6-8H,5H2,1-4H3,(H,18,20). The van der Waals surface area contributed by atoms with Crippen molar-refractivity contribution in [3.05, 3.63) is 45.4 Å². The SMILES string of the molecule is CCOC(=O)c1cc(=O)c2c(ccc3c2c(C)c(C)n3C)[nH]1. The van der Waals surface area contributed by atoms with Crippen LogP contribution in [-0.4, -0.2) is 22.1 Å². The molecule has 0 amide bonds. The van der Waals surface area contributed by atoms with Crippen LogP contribution in [-0.2, 0) is 11.8 Å². The van der Waals surface area contributed by atoms with Crippen molar-refractivity contribution in [2.24, 2.45) is 7.05 Å². The zero-order chi connectivity index (χ0) is 16.0. The lowest BCUT2D eigenvalue weighted by atomic mass is 10.1. The van der Waals surface area contributed by atoms with Gasteiger partial charge in [0.25, 0.3) is 0 Å². The maximum absolute atomic E-state index is 12.6. The minimum absolute atomic E-state index is 0.170. The first kappa shape index (κ1) is 14.4. The lowest BCUT2D eigenvalue weighted by Crippen LogP contribution is -2.13. The summed E-state index contributed by atoms with van der Waals surface area (Å²) in [5, 5.41) is 1.56. The van der Waals surface area contributed by atoms with Gasteiger partial charge in [0.2, 0.25) is 0 Å². The molecule has 2 aromatic heterocycles. The first-order valence-electron chi connectivity index (χ1n) is 7.24. The van der Waals surface area contributed by atoms with Crippen LogP contribution in [0.3, 0.4) is 0 Å². The molecule has 114 valence electrons. The molecule has 5 heteroatoms. The summed E-state index contributed by atoms with van der Waals surface area (Å²) in [7, 11) is 1.98. The summed E-state index contributed by atoms with van der Waals surface area (Å²) in [6.07, 6.45) is 0. The molecule has 22 heavy (non-hydrogen) atoms. The van der Waals surface area contributed by atoms with Crippen molar-refractivity contribution in [3.63, 3.8) is 0 Å². The molecule has 0 fully saturated rings. The Hall–Kier alpha value is -2.56. The van der Waals surface area contributed by atoms with Crippen LogP contribution in [0.1, 0.15) is 28.7 Å². The Morgan fingerprint density at radius 2 is 2.00 bits per heavy atom. The number of rotatable bonds is 2. The van der Waals surface area contributed by atoms with E-state index in [-0.39, 0.29) is 17.7 Å². The first-order valence-corrected chi connectivity index (χ1v) is 7.24. The van der Waals surface area contributed by atoms with Gasteiger partial charge in [0.15, 0.2) is 5.43 Å². The van der Waals surface area contributed by atoms with Crippen LogP contribution in [0.2, 0.25) is 0 Å². The number of benzene rings is 1. The molecule has 0 atom stereocenters. The van der Waals surface area contributed by atoms with Crippen molar-refractivity contribution >= 4 is 27.8 Å². The third-order valence-corrected chi connectivity index (χ3v) is 4.25. The van der Waals surface area contributed by atoms with E-state index in [2.05, 4.69) is 9.55 Å². The summed E-state index contributed by atoms with van der Waals surface area (Å²) in [6, 6.07) is 5.12. The second-order valence-electron chi connectivity index (χ2n) is 5.42. The molecule has 0 aliphatic carbocycles. The Bertz CT molecular complexity index is 964. The van der Waals surface area contributed by atoms with Crippen LogP contribution in [0, 0.1) is 13.8 Å². The van der Waals surface area contributed by atoms with E-state index < -0.39 is 5.97 Å². The van der Waals surface area contributed by atoms with Gasteiger partial charge < -0.3 is 14.3 Å². The maximum Gasteiger partial charge on any atom is 0.354 e. The van der Waals surface area contributed by atoms with Gasteiger partial charge in [-0.1, -0.05) is 0 Å². The van der Waals surface area contributed by atoms with Gasteiger partial charge in [-0.25, -0.2) is 4.79 Å². The third kappa shape index (κ3) is 1.93. The zero-order valence-electron chi connectivity index (χ0n) is 13.1. The molecule has 0 radical (unpaired) electrons. The number of carbonyl (C=O) groups excluding carboxylic acids is 1. The number of fused-ring (bicyclic) bond motifs is 3. The Kier molecular flexibility index (Phi) is 3.28. The molecule has 0 saturated carbocycles. The van der Waals surface area contributed by atoms with Crippen LogP contribution in [0.4, 0.5) is 0 Å². The van der Waals surface area contributed by atoms with Crippen molar-refractivity contribution in [2.45, 2.75) is 20.8 Å². The molecule has 1 N–H and O–H groups in total. The topological polar surface area (TPSA) is 64.1 Å². The highest BCUT2D eigenvalue weighted by Crippen LogP contribution is 2.29. The van der Waals surface area contributed by atoms with Crippen LogP contribution in [0.5, 0.6) is 0 Å². The molecular weight excluding hydrogens is 280 g/mol. The van der Waals surface area contributed by atoms with Crippen molar-refractivity contribution < 1.29 is 9.53 Å². The fourth-order valence-electron chi connectivity index (χ4n) is 2.93. The summed E-state index contributed by atoms with van der Waals surface area (Å²) in [4.78, 5) is 27.4. The summed E-state index contributed by atoms with van der Waals surface area (Å²) in [5.74, 6) is -0.512. The van der Waals surface area contributed by atoms with Crippen LogP contribution >= 0.6 is 0 Å². The van der Waals surface area contributed by atoms with Gasteiger partial charge in [-0.15, -0.1) is 0 Å². The molecular formula is C17H18N2O3. The number of ether oxygens (including phenoxy) is 1. The lowest BCUT2D eigenvalue weighted by Gasteiger charge is -2.06. The van der Waals surface area contributed by atoms with E-state index in [1.165, 1.54) is 6.07 Å². The predicted octanol–water partition coefficient (Wildman–Crippen LogP) is 2.81. The van der Waals surface area contributed by atoms with E-state index in [0.717, 1.165) is 22.2 Å². The number of aryl methyl sites for hydroxylation is 2. The number of nitrogens with one attached hydrogen (secondary N) is 1. The predicted molar refractivity (Wildman–Crippen MR) is 86.5 cm³/mol. The van der Waals surface area contributed by atoms with Crippen LogP contribution in [0.25, 0.3) is 21.8 Å².